The van der Waals surface area contributed by atoms with Gasteiger partial charge < -0.3 is 5.32 Å². The topological polar surface area (TPSA) is 24.9 Å². The Balaban J connectivity index is 2.57. The fourth-order valence-corrected chi connectivity index (χ4v) is 2.64. The smallest absolute Gasteiger partial charge is 0.0940 e. The fraction of sp³-hybridized carbons (Fsp3) is 0.769. The normalized spacial score (nSPS) is 14.4. The molecule has 0 saturated carbocycles. The van der Waals surface area contributed by atoms with E-state index in [4.69, 9.17) is 0 Å². The van der Waals surface area contributed by atoms with Crippen molar-refractivity contribution < 1.29 is 0 Å². The summed E-state index contributed by atoms with van der Waals surface area (Å²) in [5.41, 5.74) is 0.177. The number of aromatic nitrogens is 1. The van der Waals surface area contributed by atoms with Gasteiger partial charge in [0.05, 0.1) is 5.01 Å². The van der Waals surface area contributed by atoms with E-state index in [-0.39, 0.29) is 5.54 Å². The van der Waals surface area contributed by atoms with E-state index in [0.29, 0.717) is 6.04 Å². The maximum absolute atomic E-state index is 4.37. The first kappa shape index (κ1) is 13.7. The van der Waals surface area contributed by atoms with E-state index < -0.39 is 0 Å². The molecule has 0 spiro atoms. The van der Waals surface area contributed by atoms with Crippen LogP contribution in [0, 0.1) is 5.92 Å². The molecular formula is C13H24N2S. The first-order valence-electron chi connectivity index (χ1n) is 6.03. The van der Waals surface area contributed by atoms with Crippen LogP contribution in [0.4, 0.5) is 0 Å². The second kappa shape index (κ2) is 5.78. The standard InChI is InChI=1S/C13H24N2S/c1-10(2)8-11(15-13(3,4)5)9-12-14-6-7-16-12/h6-7,10-11,15H,8-9H2,1-5H3. The van der Waals surface area contributed by atoms with Crippen LogP contribution in [0.5, 0.6) is 0 Å². The minimum atomic E-state index is 0.177. The molecular weight excluding hydrogens is 216 g/mol. The number of hydrogen-bond acceptors (Lipinski definition) is 3. The van der Waals surface area contributed by atoms with E-state index >= 15 is 0 Å². The molecule has 0 amide bonds. The Hall–Kier alpha value is -0.410. The molecule has 0 aliphatic carbocycles. The van der Waals surface area contributed by atoms with Crippen molar-refractivity contribution in [1.29, 1.82) is 0 Å². The van der Waals surface area contributed by atoms with Crippen molar-refractivity contribution in [2.75, 3.05) is 0 Å². The quantitative estimate of drug-likeness (QED) is 0.852. The van der Waals surface area contributed by atoms with E-state index in [1.165, 1.54) is 11.4 Å². The van der Waals surface area contributed by atoms with Gasteiger partial charge >= 0.3 is 0 Å². The maximum Gasteiger partial charge on any atom is 0.0940 e. The predicted molar refractivity (Wildman–Crippen MR) is 71.9 cm³/mol. The summed E-state index contributed by atoms with van der Waals surface area (Å²) >= 11 is 1.75. The summed E-state index contributed by atoms with van der Waals surface area (Å²) in [4.78, 5) is 4.37. The van der Waals surface area contributed by atoms with Crippen LogP contribution in [0.1, 0.15) is 46.0 Å². The average Bonchev–Trinajstić information content (AvgIpc) is 2.51. The minimum absolute atomic E-state index is 0.177. The van der Waals surface area contributed by atoms with E-state index in [9.17, 15) is 0 Å². The summed E-state index contributed by atoms with van der Waals surface area (Å²) < 4.78 is 0. The van der Waals surface area contributed by atoms with Gasteiger partial charge in [-0.05, 0) is 33.1 Å². The Morgan fingerprint density at radius 2 is 2.06 bits per heavy atom. The van der Waals surface area contributed by atoms with Gasteiger partial charge in [-0.25, -0.2) is 4.98 Å². The van der Waals surface area contributed by atoms with Crippen LogP contribution in [-0.4, -0.2) is 16.6 Å². The third-order valence-electron chi connectivity index (χ3n) is 2.30. The number of thiazole rings is 1. The highest BCUT2D eigenvalue weighted by molar-refractivity contribution is 7.09. The van der Waals surface area contributed by atoms with Crippen molar-refractivity contribution in [3.05, 3.63) is 16.6 Å². The number of hydrogen-bond donors (Lipinski definition) is 1. The molecule has 1 N–H and O–H groups in total. The van der Waals surface area contributed by atoms with Crippen molar-refractivity contribution >= 4 is 11.3 Å². The monoisotopic (exact) mass is 240 g/mol. The molecule has 0 aliphatic heterocycles. The third-order valence-corrected chi connectivity index (χ3v) is 3.10. The summed E-state index contributed by atoms with van der Waals surface area (Å²) in [6, 6.07) is 0.533. The molecule has 0 saturated heterocycles. The molecule has 0 bridgehead atoms. The molecule has 0 radical (unpaired) electrons. The first-order chi connectivity index (χ1) is 7.37. The SMILES string of the molecule is CC(C)CC(Cc1nccs1)NC(C)(C)C. The van der Waals surface area contributed by atoms with Gasteiger partial charge in [-0.2, -0.15) is 0 Å². The summed E-state index contributed by atoms with van der Waals surface area (Å²) in [6.07, 6.45) is 4.15. The number of nitrogens with zero attached hydrogens (tertiary/aromatic N) is 1. The lowest BCUT2D eigenvalue weighted by atomic mass is 9.98. The number of rotatable bonds is 5. The largest absolute Gasteiger partial charge is 0.309 e. The van der Waals surface area contributed by atoms with Crippen molar-refractivity contribution in [1.82, 2.24) is 10.3 Å². The highest BCUT2D eigenvalue weighted by atomic mass is 32.1. The summed E-state index contributed by atoms with van der Waals surface area (Å²) in [5.74, 6) is 0.722. The van der Waals surface area contributed by atoms with Crippen LogP contribution in [0.15, 0.2) is 11.6 Å². The van der Waals surface area contributed by atoms with Gasteiger partial charge in [-0.1, -0.05) is 13.8 Å². The molecule has 0 fully saturated rings. The van der Waals surface area contributed by atoms with Crippen LogP contribution in [0.3, 0.4) is 0 Å². The molecule has 16 heavy (non-hydrogen) atoms. The Bertz CT molecular complexity index is 285. The molecule has 1 rings (SSSR count). The summed E-state index contributed by atoms with van der Waals surface area (Å²) in [6.45, 7) is 11.2. The summed E-state index contributed by atoms with van der Waals surface area (Å²) in [5, 5.41) is 6.99. The van der Waals surface area contributed by atoms with Gasteiger partial charge in [0.25, 0.3) is 0 Å². The zero-order chi connectivity index (χ0) is 12.2. The van der Waals surface area contributed by atoms with Gasteiger partial charge in [-0.15, -0.1) is 11.3 Å². The first-order valence-corrected chi connectivity index (χ1v) is 6.91. The Kier molecular flexibility index (Phi) is 4.93. The molecule has 3 heteroatoms. The fourth-order valence-electron chi connectivity index (χ4n) is 1.94. The average molecular weight is 240 g/mol. The molecule has 1 aromatic heterocycles. The van der Waals surface area contributed by atoms with Crippen LogP contribution in [-0.2, 0) is 6.42 Å². The van der Waals surface area contributed by atoms with Crippen LogP contribution < -0.4 is 5.32 Å². The zero-order valence-corrected chi connectivity index (χ0v) is 11.9. The van der Waals surface area contributed by atoms with E-state index in [2.05, 4.69) is 50.3 Å². The van der Waals surface area contributed by atoms with Gasteiger partial charge in [-0.3, -0.25) is 0 Å². The third kappa shape index (κ3) is 5.61. The van der Waals surface area contributed by atoms with Crippen LogP contribution in [0.25, 0.3) is 0 Å². The van der Waals surface area contributed by atoms with E-state index in [1.54, 1.807) is 11.3 Å². The Morgan fingerprint density at radius 3 is 2.50 bits per heavy atom. The maximum atomic E-state index is 4.37. The van der Waals surface area contributed by atoms with Gasteiger partial charge in [0.15, 0.2) is 0 Å². The molecule has 0 aromatic carbocycles. The second-order valence-corrected chi connectivity index (χ2v) is 6.83. The number of nitrogens with one attached hydrogen (secondary N) is 1. The lowest BCUT2D eigenvalue weighted by Gasteiger charge is -2.29. The van der Waals surface area contributed by atoms with Crippen LogP contribution in [0.2, 0.25) is 0 Å². The highest BCUT2D eigenvalue weighted by Gasteiger charge is 2.19. The molecule has 92 valence electrons. The lowest BCUT2D eigenvalue weighted by Crippen LogP contribution is -2.45. The van der Waals surface area contributed by atoms with Crippen LogP contribution >= 0.6 is 11.3 Å². The highest BCUT2D eigenvalue weighted by Crippen LogP contribution is 2.15. The lowest BCUT2D eigenvalue weighted by molar-refractivity contribution is 0.319. The van der Waals surface area contributed by atoms with Gasteiger partial charge in [0.1, 0.15) is 0 Å². The van der Waals surface area contributed by atoms with Crippen molar-refractivity contribution in [3.8, 4) is 0 Å². The molecule has 1 heterocycles. The van der Waals surface area contributed by atoms with Crippen molar-refractivity contribution in [2.24, 2.45) is 5.92 Å². The molecule has 0 aliphatic rings. The van der Waals surface area contributed by atoms with Crippen molar-refractivity contribution in [3.63, 3.8) is 0 Å². The van der Waals surface area contributed by atoms with Gasteiger partial charge in [0, 0.05) is 29.6 Å². The predicted octanol–water partition coefficient (Wildman–Crippen LogP) is 3.49. The minimum Gasteiger partial charge on any atom is -0.309 e. The van der Waals surface area contributed by atoms with E-state index in [0.717, 1.165) is 12.3 Å². The molecule has 1 aromatic rings. The zero-order valence-electron chi connectivity index (χ0n) is 11.1. The summed E-state index contributed by atoms with van der Waals surface area (Å²) in [7, 11) is 0. The Labute approximate surface area is 103 Å². The van der Waals surface area contributed by atoms with Crippen molar-refractivity contribution in [2.45, 2.75) is 59.0 Å². The van der Waals surface area contributed by atoms with Gasteiger partial charge in [0.2, 0.25) is 0 Å². The Morgan fingerprint density at radius 1 is 1.38 bits per heavy atom. The second-order valence-electron chi connectivity index (χ2n) is 5.85. The molecule has 1 atom stereocenters. The molecule has 1 unspecified atom stereocenters. The van der Waals surface area contributed by atoms with E-state index in [1.807, 2.05) is 6.20 Å². The molecule has 2 nitrogen and oxygen atoms in total.